The van der Waals surface area contributed by atoms with Crippen molar-refractivity contribution in [2.75, 3.05) is 13.1 Å². The number of nitrogens with one attached hydrogen (secondary N) is 1. The van der Waals surface area contributed by atoms with Gasteiger partial charge in [0.2, 0.25) is 0 Å². The standard InChI is InChI=1S/C22H25F2NO4/c23-15-3-7-19-13(9-15)1-5-21(28-19)17(26)11-25-12-18(27)22-6-2-14-10-16(24)4-8-20(14)29-22/h3-4,7-10,17-18,21-22,25-27H,1-2,5-6,11-12H2/t17-,18+,21-,22+. The van der Waals surface area contributed by atoms with E-state index in [1.165, 1.54) is 24.3 Å². The Bertz CT molecular complexity index is 793. The minimum atomic E-state index is -0.753. The van der Waals surface area contributed by atoms with Crippen molar-refractivity contribution >= 4 is 0 Å². The molecule has 5 nitrogen and oxygen atoms in total. The molecule has 7 heteroatoms. The normalized spacial score (nSPS) is 22.6. The van der Waals surface area contributed by atoms with E-state index in [9.17, 15) is 19.0 Å². The van der Waals surface area contributed by atoms with Crippen LogP contribution in [-0.2, 0) is 12.8 Å². The average molecular weight is 405 g/mol. The number of hydrogen-bond donors (Lipinski definition) is 3. The smallest absolute Gasteiger partial charge is 0.126 e. The predicted octanol–water partition coefficient (Wildman–Crippen LogP) is 2.36. The second kappa shape index (κ2) is 8.65. The van der Waals surface area contributed by atoms with Crippen LogP contribution in [0.4, 0.5) is 8.78 Å². The molecule has 0 saturated heterocycles. The molecule has 2 aliphatic heterocycles. The molecule has 2 aromatic carbocycles. The summed E-state index contributed by atoms with van der Waals surface area (Å²) < 4.78 is 38.2. The first-order chi connectivity index (χ1) is 14.0. The summed E-state index contributed by atoms with van der Waals surface area (Å²) in [5.41, 5.74) is 1.62. The van der Waals surface area contributed by atoms with Crippen LogP contribution in [0.25, 0.3) is 0 Å². The Morgan fingerprint density at radius 3 is 1.72 bits per heavy atom. The number of halogens is 2. The zero-order valence-electron chi connectivity index (χ0n) is 16.0. The molecule has 4 rings (SSSR count). The van der Waals surface area contributed by atoms with Gasteiger partial charge >= 0.3 is 0 Å². The third-order valence-corrected chi connectivity index (χ3v) is 5.56. The van der Waals surface area contributed by atoms with Crippen LogP contribution in [0.5, 0.6) is 11.5 Å². The van der Waals surface area contributed by atoms with Gasteiger partial charge in [-0.2, -0.15) is 0 Å². The van der Waals surface area contributed by atoms with Gasteiger partial charge in [-0.1, -0.05) is 0 Å². The van der Waals surface area contributed by atoms with Gasteiger partial charge < -0.3 is 25.0 Å². The van der Waals surface area contributed by atoms with E-state index in [4.69, 9.17) is 9.47 Å². The molecule has 4 atom stereocenters. The lowest BCUT2D eigenvalue weighted by Gasteiger charge is -2.31. The number of ether oxygens (including phenoxy) is 2. The first-order valence-electron chi connectivity index (χ1n) is 9.96. The van der Waals surface area contributed by atoms with Crippen LogP contribution in [0.2, 0.25) is 0 Å². The Morgan fingerprint density at radius 2 is 1.28 bits per heavy atom. The molecular formula is C22H25F2NO4. The quantitative estimate of drug-likeness (QED) is 0.688. The van der Waals surface area contributed by atoms with Gasteiger partial charge in [-0.25, -0.2) is 8.78 Å². The highest BCUT2D eigenvalue weighted by Crippen LogP contribution is 2.30. The zero-order chi connectivity index (χ0) is 20.4. The van der Waals surface area contributed by atoms with E-state index in [0.29, 0.717) is 37.2 Å². The molecule has 0 aliphatic carbocycles. The van der Waals surface area contributed by atoms with Crippen LogP contribution in [0, 0.1) is 11.6 Å². The second-order valence-electron chi connectivity index (χ2n) is 7.69. The fourth-order valence-electron chi connectivity index (χ4n) is 3.94. The van der Waals surface area contributed by atoms with Crippen molar-refractivity contribution in [1.82, 2.24) is 5.32 Å². The highest BCUT2D eigenvalue weighted by atomic mass is 19.1. The SMILES string of the molecule is O[C@H](CNC[C@H](O)[C@@H]1CCc2cc(F)ccc2O1)[C@H]1CCc2cc(F)ccc2O1. The summed E-state index contributed by atoms with van der Waals surface area (Å²) in [5.74, 6) is 0.624. The molecule has 29 heavy (non-hydrogen) atoms. The van der Waals surface area contributed by atoms with E-state index in [2.05, 4.69) is 5.32 Å². The summed E-state index contributed by atoms with van der Waals surface area (Å²) in [5, 5.41) is 23.9. The Hall–Kier alpha value is -2.22. The molecule has 156 valence electrons. The maximum atomic E-state index is 13.3. The van der Waals surface area contributed by atoms with Gasteiger partial charge in [-0.3, -0.25) is 0 Å². The minimum absolute atomic E-state index is 0.257. The van der Waals surface area contributed by atoms with Gasteiger partial charge in [-0.05, 0) is 73.2 Å². The van der Waals surface area contributed by atoms with Crippen molar-refractivity contribution in [3.8, 4) is 11.5 Å². The number of benzene rings is 2. The molecule has 2 aliphatic rings. The molecular weight excluding hydrogens is 380 g/mol. The highest BCUT2D eigenvalue weighted by molar-refractivity contribution is 5.36. The third kappa shape index (κ3) is 4.69. The summed E-state index contributed by atoms with van der Waals surface area (Å²) >= 11 is 0. The van der Waals surface area contributed by atoms with Crippen LogP contribution in [-0.4, -0.2) is 47.7 Å². The summed E-state index contributed by atoms with van der Waals surface area (Å²) in [6, 6.07) is 8.79. The van der Waals surface area contributed by atoms with Crippen molar-refractivity contribution in [3.05, 3.63) is 59.2 Å². The lowest BCUT2D eigenvalue weighted by molar-refractivity contribution is 0.00892. The molecule has 2 aromatic rings. The third-order valence-electron chi connectivity index (χ3n) is 5.56. The van der Waals surface area contributed by atoms with Crippen molar-refractivity contribution in [3.63, 3.8) is 0 Å². The number of aliphatic hydroxyl groups is 2. The van der Waals surface area contributed by atoms with Crippen LogP contribution in [0.3, 0.4) is 0 Å². The summed E-state index contributed by atoms with van der Waals surface area (Å²) in [7, 11) is 0. The number of aryl methyl sites for hydroxylation is 2. The molecule has 0 amide bonds. The van der Waals surface area contributed by atoms with Gasteiger partial charge in [0.05, 0.1) is 0 Å². The Kier molecular flexibility index (Phi) is 5.99. The van der Waals surface area contributed by atoms with E-state index < -0.39 is 12.2 Å². The van der Waals surface area contributed by atoms with Gasteiger partial charge in [0.15, 0.2) is 0 Å². The summed E-state index contributed by atoms with van der Waals surface area (Å²) in [6.07, 6.45) is 0.214. The first-order valence-corrected chi connectivity index (χ1v) is 9.96. The topological polar surface area (TPSA) is 71.0 Å². The van der Waals surface area contributed by atoms with Gasteiger partial charge in [0.25, 0.3) is 0 Å². The average Bonchev–Trinajstić information content (AvgIpc) is 2.72. The lowest BCUT2D eigenvalue weighted by Crippen LogP contribution is -2.46. The molecule has 0 saturated carbocycles. The first kappa shape index (κ1) is 20.1. The molecule has 3 N–H and O–H groups in total. The Labute approximate surface area is 168 Å². The highest BCUT2D eigenvalue weighted by Gasteiger charge is 2.29. The molecule has 0 unspecified atom stereocenters. The van der Waals surface area contributed by atoms with Crippen molar-refractivity contribution in [2.45, 2.75) is 50.1 Å². The van der Waals surface area contributed by atoms with E-state index in [1.807, 2.05) is 0 Å². The molecule has 0 radical (unpaired) electrons. The van der Waals surface area contributed by atoms with E-state index in [-0.39, 0.29) is 36.9 Å². The number of hydrogen-bond acceptors (Lipinski definition) is 5. The van der Waals surface area contributed by atoms with Crippen molar-refractivity contribution in [2.24, 2.45) is 0 Å². The lowest BCUT2D eigenvalue weighted by atomic mass is 9.98. The largest absolute Gasteiger partial charge is 0.487 e. The van der Waals surface area contributed by atoms with Crippen molar-refractivity contribution < 1.29 is 28.5 Å². The maximum Gasteiger partial charge on any atom is 0.126 e. The van der Waals surface area contributed by atoms with Crippen molar-refractivity contribution in [1.29, 1.82) is 0 Å². The second-order valence-corrected chi connectivity index (χ2v) is 7.69. The van der Waals surface area contributed by atoms with Crippen LogP contribution in [0.1, 0.15) is 24.0 Å². The maximum absolute atomic E-state index is 13.3. The predicted molar refractivity (Wildman–Crippen MR) is 103 cm³/mol. The number of fused-ring (bicyclic) bond motifs is 2. The van der Waals surface area contributed by atoms with Gasteiger partial charge in [0.1, 0.15) is 47.5 Å². The molecule has 2 heterocycles. The van der Waals surface area contributed by atoms with E-state index >= 15 is 0 Å². The van der Waals surface area contributed by atoms with Crippen LogP contribution >= 0.6 is 0 Å². The fourth-order valence-corrected chi connectivity index (χ4v) is 3.94. The minimum Gasteiger partial charge on any atom is -0.487 e. The van der Waals surface area contributed by atoms with Crippen LogP contribution < -0.4 is 14.8 Å². The molecule has 0 fully saturated rings. The van der Waals surface area contributed by atoms with Gasteiger partial charge in [-0.15, -0.1) is 0 Å². The molecule has 0 aromatic heterocycles. The van der Waals surface area contributed by atoms with E-state index in [1.54, 1.807) is 12.1 Å². The Morgan fingerprint density at radius 1 is 0.828 bits per heavy atom. The number of rotatable bonds is 6. The summed E-state index contributed by atoms with van der Waals surface area (Å²) in [6.45, 7) is 0.513. The van der Waals surface area contributed by atoms with Gasteiger partial charge in [0, 0.05) is 13.1 Å². The Balaban J connectivity index is 1.24. The van der Waals surface area contributed by atoms with Crippen LogP contribution in [0.15, 0.2) is 36.4 Å². The monoisotopic (exact) mass is 405 g/mol. The zero-order valence-corrected chi connectivity index (χ0v) is 16.0. The fraction of sp³-hybridized carbons (Fsp3) is 0.455. The summed E-state index contributed by atoms with van der Waals surface area (Å²) in [4.78, 5) is 0. The number of aliphatic hydroxyl groups excluding tert-OH is 2. The molecule has 0 bridgehead atoms. The molecule has 0 spiro atoms. The van der Waals surface area contributed by atoms with E-state index in [0.717, 1.165) is 11.1 Å².